The molecule has 3 heteroatoms. The maximum atomic E-state index is 11.3. The quantitative estimate of drug-likeness (QED) is 0.756. The summed E-state index contributed by atoms with van der Waals surface area (Å²) >= 11 is 0. The Morgan fingerprint density at radius 2 is 1.76 bits per heavy atom. The fourth-order valence-corrected chi connectivity index (χ4v) is 2.99. The Hall–Kier alpha value is -2.55. The molecule has 0 aliphatic rings. The molecule has 0 aliphatic heterocycles. The summed E-state index contributed by atoms with van der Waals surface area (Å²) < 4.78 is 0. The number of nitrogens with one attached hydrogen (secondary N) is 1. The number of carboxylic acid groups (broad SMARTS) is 1. The minimum atomic E-state index is -0.784. The third-order valence-electron chi connectivity index (χ3n) is 3.87. The first-order valence-electron chi connectivity index (χ1n) is 7.00. The van der Waals surface area contributed by atoms with Gasteiger partial charge in [-0.15, -0.1) is 0 Å². The molecular weight excluding hydrogens is 262 g/mol. The summed E-state index contributed by atoms with van der Waals surface area (Å²) in [6.45, 7) is 2.01. The molecule has 0 saturated carbocycles. The second-order valence-electron chi connectivity index (χ2n) is 5.27. The van der Waals surface area contributed by atoms with Gasteiger partial charge < -0.3 is 10.1 Å². The molecule has 2 N–H and O–H groups in total. The lowest BCUT2D eigenvalue weighted by molar-refractivity contribution is -0.137. The number of aromatic amines is 1. The molecule has 1 heterocycles. The van der Waals surface area contributed by atoms with Gasteiger partial charge in [0.15, 0.2) is 0 Å². The van der Waals surface area contributed by atoms with Gasteiger partial charge in [-0.3, -0.25) is 4.79 Å². The maximum Gasteiger partial charge on any atom is 0.304 e. The molecule has 0 fully saturated rings. The lowest BCUT2D eigenvalue weighted by Gasteiger charge is -2.16. The highest BCUT2D eigenvalue weighted by atomic mass is 16.4. The number of carbonyl (C=O) groups is 1. The molecule has 2 aromatic carbocycles. The number of carboxylic acids is 1. The SMILES string of the molecule is Cc1[nH]c2ccccc2c1C(CC(=O)O)c1ccccc1. The van der Waals surface area contributed by atoms with Gasteiger partial charge in [0.2, 0.25) is 0 Å². The van der Waals surface area contributed by atoms with E-state index in [9.17, 15) is 9.90 Å². The minimum absolute atomic E-state index is 0.0900. The van der Waals surface area contributed by atoms with Gasteiger partial charge in [0.25, 0.3) is 0 Å². The fraction of sp³-hybridized carbons (Fsp3) is 0.167. The van der Waals surface area contributed by atoms with E-state index in [1.54, 1.807) is 0 Å². The molecule has 0 aliphatic carbocycles. The van der Waals surface area contributed by atoms with Crippen molar-refractivity contribution in [2.45, 2.75) is 19.3 Å². The van der Waals surface area contributed by atoms with Crippen molar-refractivity contribution >= 4 is 16.9 Å². The number of aryl methyl sites for hydroxylation is 1. The van der Waals surface area contributed by atoms with Crippen LogP contribution in [0.2, 0.25) is 0 Å². The van der Waals surface area contributed by atoms with Crippen molar-refractivity contribution in [2.75, 3.05) is 0 Å². The third-order valence-corrected chi connectivity index (χ3v) is 3.87. The van der Waals surface area contributed by atoms with Gasteiger partial charge in [-0.1, -0.05) is 48.5 Å². The van der Waals surface area contributed by atoms with Crippen molar-refractivity contribution in [1.82, 2.24) is 4.98 Å². The summed E-state index contributed by atoms with van der Waals surface area (Å²) in [7, 11) is 0. The molecule has 0 bridgehead atoms. The molecule has 1 aromatic heterocycles. The number of hydrogen-bond acceptors (Lipinski definition) is 1. The van der Waals surface area contributed by atoms with Crippen LogP contribution in [0.4, 0.5) is 0 Å². The Bertz CT molecular complexity index is 774. The molecule has 0 amide bonds. The highest BCUT2D eigenvalue weighted by Gasteiger charge is 2.23. The van der Waals surface area contributed by atoms with Crippen molar-refractivity contribution in [3.8, 4) is 0 Å². The zero-order valence-electron chi connectivity index (χ0n) is 11.8. The lowest BCUT2D eigenvalue weighted by Crippen LogP contribution is -2.08. The molecule has 3 nitrogen and oxygen atoms in total. The van der Waals surface area contributed by atoms with E-state index < -0.39 is 5.97 Å². The van der Waals surface area contributed by atoms with Crippen molar-refractivity contribution in [2.24, 2.45) is 0 Å². The molecule has 106 valence electrons. The molecule has 21 heavy (non-hydrogen) atoms. The number of hydrogen-bond donors (Lipinski definition) is 2. The first-order chi connectivity index (χ1) is 10.2. The van der Waals surface area contributed by atoms with Gasteiger partial charge in [-0.2, -0.15) is 0 Å². The van der Waals surface area contributed by atoms with Crippen LogP contribution in [0.15, 0.2) is 54.6 Å². The van der Waals surface area contributed by atoms with E-state index in [1.807, 2.05) is 61.5 Å². The van der Waals surface area contributed by atoms with Gasteiger partial charge in [0, 0.05) is 22.5 Å². The van der Waals surface area contributed by atoms with E-state index in [1.165, 1.54) is 0 Å². The van der Waals surface area contributed by atoms with Crippen LogP contribution < -0.4 is 0 Å². The second-order valence-corrected chi connectivity index (χ2v) is 5.27. The van der Waals surface area contributed by atoms with Crippen LogP contribution in [0, 0.1) is 6.92 Å². The largest absolute Gasteiger partial charge is 0.481 e. The van der Waals surface area contributed by atoms with Gasteiger partial charge >= 0.3 is 5.97 Å². The molecule has 1 unspecified atom stereocenters. The summed E-state index contributed by atoms with van der Waals surface area (Å²) in [6, 6.07) is 17.9. The van der Waals surface area contributed by atoms with Crippen molar-refractivity contribution in [3.63, 3.8) is 0 Å². The normalized spacial score (nSPS) is 12.4. The first-order valence-corrected chi connectivity index (χ1v) is 7.00. The lowest BCUT2D eigenvalue weighted by atomic mass is 9.87. The smallest absolute Gasteiger partial charge is 0.304 e. The maximum absolute atomic E-state index is 11.3. The molecule has 3 rings (SSSR count). The molecule has 0 saturated heterocycles. The Balaban J connectivity index is 2.19. The van der Waals surface area contributed by atoms with Gasteiger partial charge in [-0.05, 0) is 24.1 Å². The summed E-state index contributed by atoms with van der Waals surface area (Å²) in [5.41, 5.74) is 4.20. The van der Waals surface area contributed by atoms with Crippen LogP contribution in [0.3, 0.4) is 0 Å². The number of fused-ring (bicyclic) bond motifs is 1. The summed E-state index contributed by atoms with van der Waals surface area (Å²) in [6.07, 6.45) is 0.0900. The molecular formula is C18H17NO2. The zero-order chi connectivity index (χ0) is 14.8. The Labute approximate surface area is 123 Å². The third kappa shape index (κ3) is 2.55. The Morgan fingerprint density at radius 3 is 2.48 bits per heavy atom. The number of benzene rings is 2. The topological polar surface area (TPSA) is 53.1 Å². The number of rotatable bonds is 4. The highest BCUT2D eigenvalue weighted by Crippen LogP contribution is 2.35. The van der Waals surface area contributed by atoms with Crippen LogP contribution in [-0.2, 0) is 4.79 Å². The summed E-state index contributed by atoms with van der Waals surface area (Å²) in [4.78, 5) is 14.7. The van der Waals surface area contributed by atoms with Crippen LogP contribution in [-0.4, -0.2) is 16.1 Å². The molecule has 3 aromatic rings. The van der Waals surface area contributed by atoms with Crippen molar-refractivity contribution < 1.29 is 9.90 Å². The zero-order valence-corrected chi connectivity index (χ0v) is 11.8. The average Bonchev–Trinajstić information content (AvgIpc) is 2.81. The van der Waals surface area contributed by atoms with E-state index >= 15 is 0 Å². The predicted molar refractivity (Wildman–Crippen MR) is 83.6 cm³/mol. The van der Waals surface area contributed by atoms with Gasteiger partial charge in [-0.25, -0.2) is 0 Å². The highest BCUT2D eigenvalue weighted by molar-refractivity contribution is 5.86. The van der Waals surface area contributed by atoms with E-state index in [0.29, 0.717) is 0 Å². The van der Waals surface area contributed by atoms with Crippen molar-refractivity contribution in [1.29, 1.82) is 0 Å². The number of aromatic nitrogens is 1. The first kappa shape index (κ1) is 13.4. The van der Waals surface area contributed by atoms with E-state index in [4.69, 9.17) is 0 Å². The fourth-order valence-electron chi connectivity index (χ4n) is 2.99. The van der Waals surface area contributed by atoms with E-state index in [0.717, 1.165) is 27.7 Å². The second kappa shape index (κ2) is 5.44. The van der Waals surface area contributed by atoms with Crippen molar-refractivity contribution in [3.05, 3.63) is 71.4 Å². The predicted octanol–water partition coefficient (Wildman–Crippen LogP) is 4.08. The minimum Gasteiger partial charge on any atom is -0.481 e. The molecule has 0 radical (unpaired) electrons. The number of aliphatic carboxylic acids is 1. The van der Waals surface area contributed by atoms with Crippen LogP contribution >= 0.6 is 0 Å². The Morgan fingerprint density at radius 1 is 1.10 bits per heavy atom. The van der Waals surface area contributed by atoms with Crippen LogP contribution in [0.1, 0.15) is 29.2 Å². The number of para-hydroxylation sites is 1. The van der Waals surface area contributed by atoms with Crippen LogP contribution in [0.5, 0.6) is 0 Å². The van der Waals surface area contributed by atoms with E-state index in [-0.39, 0.29) is 12.3 Å². The van der Waals surface area contributed by atoms with E-state index in [2.05, 4.69) is 4.98 Å². The average molecular weight is 279 g/mol. The van der Waals surface area contributed by atoms with Crippen LogP contribution in [0.25, 0.3) is 10.9 Å². The standard InChI is InChI=1S/C18H17NO2/c1-12-18(14-9-5-6-10-16(14)19-12)15(11-17(20)21)13-7-3-2-4-8-13/h2-10,15,19H,11H2,1H3,(H,20,21). The summed E-state index contributed by atoms with van der Waals surface area (Å²) in [5.74, 6) is -0.923. The monoisotopic (exact) mass is 279 g/mol. The molecule has 1 atom stereocenters. The van der Waals surface area contributed by atoms with Gasteiger partial charge in [0.1, 0.15) is 0 Å². The number of H-pyrrole nitrogens is 1. The molecule has 0 spiro atoms. The Kier molecular flexibility index (Phi) is 3.48. The van der Waals surface area contributed by atoms with Gasteiger partial charge in [0.05, 0.1) is 6.42 Å². The summed E-state index contributed by atoms with van der Waals surface area (Å²) in [5, 5.41) is 10.4.